The van der Waals surface area contributed by atoms with Crippen LogP contribution < -0.4 is 4.74 Å². The number of hydrogen-bond acceptors (Lipinski definition) is 7. The van der Waals surface area contributed by atoms with E-state index in [0.29, 0.717) is 18.8 Å². The molecule has 0 atom stereocenters. The monoisotopic (exact) mass is 450 g/mol. The molecule has 1 aromatic heterocycles. The van der Waals surface area contributed by atoms with Gasteiger partial charge in [0.05, 0.1) is 25.9 Å². The number of morpholine rings is 1. The Morgan fingerprint density at radius 2 is 1.81 bits per heavy atom. The quantitative estimate of drug-likeness (QED) is 0.467. The van der Waals surface area contributed by atoms with Gasteiger partial charge in [-0.1, -0.05) is 0 Å². The fourth-order valence-electron chi connectivity index (χ4n) is 3.36. The molecule has 10 heteroatoms. The predicted octanol–water partition coefficient (Wildman–Crippen LogP) is 1.71. The number of hydrogen-bond donors (Lipinski definition) is 0. The standard InChI is InChI=1S/C21H26N2O7S/c1-14-11-17(15(2)22(14)3)18(24)13-30-21(25)16-5-6-19(28-4)20(12-16)31(26,27)23-7-9-29-10-8-23/h5-6,11-12H,7-10,13H2,1-4H3. The second kappa shape index (κ2) is 9.21. The molecule has 0 bridgehead atoms. The molecular formula is C21H26N2O7S. The summed E-state index contributed by atoms with van der Waals surface area (Å²) in [5.74, 6) is -1.00. The summed E-state index contributed by atoms with van der Waals surface area (Å²) in [6.45, 7) is 4.27. The number of carbonyl (C=O) groups excluding carboxylic acids is 2. The van der Waals surface area contributed by atoms with Gasteiger partial charge in [0.25, 0.3) is 0 Å². The van der Waals surface area contributed by atoms with Crippen molar-refractivity contribution in [2.45, 2.75) is 18.7 Å². The van der Waals surface area contributed by atoms with Gasteiger partial charge in [0.15, 0.2) is 6.61 Å². The van der Waals surface area contributed by atoms with Crippen LogP contribution in [0.5, 0.6) is 5.75 Å². The van der Waals surface area contributed by atoms with E-state index in [1.165, 1.54) is 29.6 Å². The molecule has 0 aliphatic carbocycles. The van der Waals surface area contributed by atoms with Crippen molar-refractivity contribution >= 4 is 21.8 Å². The van der Waals surface area contributed by atoms with E-state index in [0.717, 1.165) is 11.4 Å². The van der Waals surface area contributed by atoms with Gasteiger partial charge >= 0.3 is 5.97 Å². The molecule has 1 aromatic carbocycles. The maximum atomic E-state index is 13.0. The second-order valence-electron chi connectivity index (χ2n) is 7.23. The first-order chi connectivity index (χ1) is 14.7. The SMILES string of the molecule is COc1ccc(C(=O)OCC(=O)c2cc(C)n(C)c2C)cc1S(=O)(=O)N1CCOCC1. The van der Waals surface area contributed by atoms with Crippen LogP contribution in [0.15, 0.2) is 29.2 Å². The van der Waals surface area contributed by atoms with Gasteiger partial charge in [0, 0.05) is 37.1 Å². The zero-order valence-electron chi connectivity index (χ0n) is 18.0. The third-order valence-electron chi connectivity index (χ3n) is 5.40. The van der Waals surface area contributed by atoms with E-state index in [2.05, 4.69) is 0 Å². The Kier molecular flexibility index (Phi) is 6.83. The molecule has 0 unspecified atom stereocenters. The van der Waals surface area contributed by atoms with Crippen molar-refractivity contribution in [1.29, 1.82) is 0 Å². The summed E-state index contributed by atoms with van der Waals surface area (Å²) in [6.07, 6.45) is 0. The fraction of sp³-hybridized carbons (Fsp3) is 0.429. The number of rotatable bonds is 7. The summed E-state index contributed by atoms with van der Waals surface area (Å²) in [6, 6.07) is 5.76. The van der Waals surface area contributed by atoms with Crippen molar-refractivity contribution in [1.82, 2.24) is 8.87 Å². The van der Waals surface area contributed by atoms with Crippen LogP contribution in [0.1, 0.15) is 32.1 Å². The topological polar surface area (TPSA) is 104 Å². The number of methoxy groups -OCH3 is 1. The Morgan fingerprint density at radius 1 is 1.13 bits per heavy atom. The molecule has 9 nitrogen and oxygen atoms in total. The van der Waals surface area contributed by atoms with Crippen molar-refractivity contribution in [3.63, 3.8) is 0 Å². The fourth-order valence-corrected chi connectivity index (χ4v) is 4.95. The first-order valence-corrected chi connectivity index (χ1v) is 11.2. The number of carbonyl (C=O) groups is 2. The largest absolute Gasteiger partial charge is 0.495 e. The van der Waals surface area contributed by atoms with Gasteiger partial charge in [-0.3, -0.25) is 4.79 Å². The zero-order valence-corrected chi connectivity index (χ0v) is 18.8. The van der Waals surface area contributed by atoms with Crippen LogP contribution in [-0.2, 0) is 26.5 Å². The molecule has 0 amide bonds. The third kappa shape index (κ3) is 4.65. The Labute approximate surface area is 181 Å². The van der Waals surface area contributed by atoms with Crippen molar-refractivity contribution in [3.8, 4) is 5.75 Å². The number of nitrogens with zero attached hydrogens (tertiary/aromatic N) is 2. The van der Waals surface area contributed by atoms with Crippen LogP contribution in [0.25, 0.3) is 0 Å². The van der Waals surface area contributed by atoms with Crippen LogP contribution >= 0.6 is 0 Å². The van der Waals surface area contributed by atoms with Gasteiger partial charge in [-0.05, 0) is 38.1 Å². The summed E-state index contributed by atoms with van der Waals surface area (Å²) in [5.41, 5.74) is 2.20. The molecule has 168 valence electrons. The summed E-state index contributed by atoms with van der Waals surface area (Å²) in [4.78, 5) is 24.9. The number of aromatic nitrogens is 1. The van der Waals surface area contributed by atoms with E-state index in [1.807, 2.05) is 25.5 Å². The summed E-state index contributed by atoms with van der Waals surface area (Å²) in [5, 5.41) is 0. The number of ketones is 1. The highest BCUT2D eigenvalue weighted by Gasteiger charge is 2.30. The minimum atomic E-state index is -3.89. The molecule has 0 radical (unpaired) electrons. The van der Waals surface area contributed by atoms with Gasteiger partial charge in [-0.15, -0.1) is 0 Å². The molecule has 0 spiro atoms. The number of ether oxygens (including phenoxy) is 3. The highest BCUT2D eigenvalue weighted by Crippen LogP contribution is 2.28. The van der Waals surface area contributed by atoms with Gasteiger partial charge < -0.3 is 18.8 Å². The molecule has 0 N–H and O–H groups in total. The van der Waals surface area contributed by atoms with Crippen molar-refractivity contribution in [2.24, 2.45) is 7.05 Å². The molecule has 3 rings (SSSR count). The lowest BCUT2D eigenvalue weighted by Gasteiger charge is -2.26. The molecule has 1 aliphatic heterocycles. The summed E-state index contributed by atoms with van der Waals surface area (Å²) < 4.78 is 44.8. The summed E-state index contributed by atoms with van der Waals surface area (Å²) in [7, 11) is -0.688. The lowest BCUT2D eigenvalue weighted by molar-refractivity contribution is 0.0474. The Balaban J connectivity index is 1.79. The van der Waals surface area contributed by atoms with E-state index < -0.39 is 22.6 Å². The van der Waals surface area contributed by atoms with Gasteiger partial charge in [-0.25, -0.2) is 13.2 Å². The Bertz CT molecular complexity index is 1100. The average molecular weight is 451 g/mol. The highest BCUT2D eigenvalue weighted by atomic mass is 32.2. The number of Topliss-reactive ketones (excluding diaryl/α,β-unsaturated/α-hetero) is 1. The maximum Gasteiger partial charge on any atom is 0.338 e. The second-order valence-corrected chi connectivity index (χ2v) is 9.13. The Hall–Kier alpha value is -2.69. The van der Waals surface area contributed by atoms with Crippen LogP contribution in [0.4, 0.5) is 0 Å². The van der Waals surface area contributed by atoms with E-state index >= 15 is 0 Å². The molecular weight excluding hydrogens is 424 g/mol. The van der Waals surface area contributed by atoms with E-state index in [1.54, 1.807) is 6.07 Å². The van der Waals surface area contributed by atoms with Crippen LogP contribution in [0, 0.1) is 13.8 Å². The number of benzene rings is 1. The van der Waals surface area contributed by atoms with Gasteiger partial charge in [-0.2, -0.15) is 4.31 Å². The smallest absolute Gasteiger partial charge is 0.338 e. The molecule has 1 aliphatic rings. The minimum absolute atomic E-state index is 0.0152. The summed E-state index contributed by atoms with van der Waals surface area (Å²) >= 11 is 0. The molecule has 2 heterocycles. The average Bonchev–Trinajstić information content (AvgIpc) is 3.04. The predicted molar refractivity (Wildman–Crippen MR) is 112 cm³/mol. The lowest BCUT2D eigenvalue weighted by atomic mass is 10.1. The van der Waals surface area contributed by atoms with Crippen LogP contribution in [0.3, 0.4) is 0 Å². The molecule has 2 aromatic rings. The molecule has 1 fully saturated rings. The van der Waals surface area contributed by atoms with Crippen LogP contribution in [-0.4, -0.2) is 69.1 Å². The third-order valence-corrected chi connectivity index (χ3v) is 7.32. The van der Waals surface area contributed by atoms with Gasteiger partial charge in [0.2, 0.25) is 15.8 Å². The van der Waals surface area contributed by atoms with Gasteiger partial charge in [0.1, 0.15) is 10.6 Å². The number of sulfonamides is 1. The maximum absolute atomic E-state index is 13.0. The molecule has 31 heavy (non-hydrogen) atoms. The number of aryl methyl sites for hydroxylation is 1. The minimum Gasteiger partial charge on any atom is -0.495 e. The van der Waals surface area contributed by atoms with Crippen molar-refractivity contribution < 1.29 is 32.2 Å². The Morgan fingerprint density at radius 3 is 2.39 bits per heavy atom. The highest BCUT2D eigenvalue weighted by molar-refractivity contribution is 7.89. The first kappa shape index (κ1) is 23.0. The molecule has 1 saturated heterocycles. The molecule has 0 saturated carbocycles. The zero-order chi connectivity index (χ0) is 22.8. The first-order valence-electron chi connectivity index (χ1n) is 9.76. The van der Waals surface area contributed by atoms with Crippen LogP contribution in [0.2, 0.25) is 0 Å². The van der Waals surface area contributed by atoms with E-state index in [-0.39, 0.29) is 35.1 Å². The van der Waals surface area contributed by atoms with E-state index in [9.17, 15) is 18.0 Å². The normalized spacial score (nSPS) is 15.0. The lowest BCUT2D eigenvalue weighted by Crippen LogP contribution is -2.40. The number of esters is 1. The van der Waals surface area contributed by atoms with Crippen molar-refractivity contribution in [2.75, 3.05) is 40.0 Å². The van der Waals surface area contributed by atoms with Crippen molar-refractivity contribution in [3.05, 3.63) is 46.8 Å². The van der Waals surface area contributed by atoms with E-state index in [4.69, 9.17) is 14.2 Å².